The van der Waals surface area contributed by atoms with Gasteiger partial charge in [-0.2, -0.15) is 0 Å². The SMILES string of the molecule is Cc1ccc(N2C(=O)CC(N(CCc3ccccc3)C(=O)C3C(C)(C)C3(C)C)C2=O)cc1. The number of hydrogen-bond acceptors (Lipinski definition) is 3. The summed E-state index contributed by atoms with van der Waals surface area (Å²) < 4.78 is 0. The minimum atomic E-state index is -0.757. The second-order valence-electron chi connectivity index (χ2n) is 10.3. The molecule has 1 heterocycles. The molecular formula is C27H32N2O3. The minimum Gasteiger partial charge on any atom is -0.329 e. The van der Waals surface area contributed by atoms with E-state index in [-0.39, 0.29) is 40.9 Å². The van der Waals surface area contributed by atoms with Crippen LogP contribution in [-0.4, -0.2) is 35.2 Å². The number of carbonyl (C=O) groups is 3. The van der Waals surface area contributed by atoms with Crippen molar-refractivity contribution in [3.63, 3.8) is 0 Å². The highest BCUT2D eigenvalue weighted by Gasteiger charge is 2.69. The van der Waals surface area contributed by atoms with Crippen LogP contribution in [0.3, 0.4) is 0 Å². The first kappa shape index (κ1) is 22.3. The largest absolute Gasteiger partial charge is 0.329 e. The van der Waals surface area contributed by atoms with Gasteiger partial charge in [-0.25, -0.2) is 4.90 Å². The lowest BCUT2D eigenvalue weighted by atomic mass is 10.0. The average molecular weight is 433 g/mol. The van der Waals surface area contributed by atoms with Crippen LogP contribution in [-0.2, 0) is 20.8 Å². The van der Waals surface area contributed by atoms with Crippen LogP contribution in [0, 0.1) is 23.7 Å². The first-order valence-electron chi connectivity index (χ1n) is 11.3. The van der Waals surface area contributed by atoms with E-state index >= 15 is 0 Å². The number of aryl methyl sites for hydroxylation is 1. The summed E-state index contributed by atoms with van der Waals surface area (Å²) in [6.45, 7) is 10.8. The van der Waals surface area contributed by atoms with E-state index in [0.29, 0.717) is 18.7 Å². The van der Waals surface area contributed by atoms with Crippen molar-refractivity contribution in [3.05, 3.63) is 65.7 Å². The zero-order valence-electron chi connectivity index (χ0n) is 19.6. The predicted molar refractivity (Wildman–Crippen MR) is 125 cm³/mol. The van der Waals surface area contributed by atoms with Gasteiger partial charge in [0.25, 0.3) is 5.91 Å². The molecule has 0 radical (unpaired) electrons. The maximum atomic E-state index is 13.7. The molecular weight excluding hydrogens is 400 g/mol. The Balaban J connectivity index is 1.62. The smallest absolute Gasteiger partial charge is 0.257 e. The van der Waals surface area contributed by atoms with Gasteiger partial charge in [-0.1, -0.05) is 75.7 Å². The number of rotatable bonds is 6. The molecule has 5 nitrogen and oxygen atoms in total. The van der Waals surface area contributed by atoms with E-state index in [1.165, 1.54) is 4.90 Å². The summed E-state index contributed by atoms with van der Waals surface area (Å²) in [6, 6.07) is 16.5. The Labute approximate surface area is 190 Å². The molecule has 32 heavy (non-hydrogen) atoms. The van der Waals surface area contributed by atoms with E-state index < -0.39 is 6.04 Å². The van der Waals surface area contributed by atoms with E-state index in [1.54, 1.807) is 17.0 Å². The minimum absolute atomic E-state index is 0.0205. The van der Waals surface area contributed by atoms with Crippen molar-refractivity contribution in [2.24, 2.45) is 16.7 Å². The topological polar surface area (TPSA) is 57.7 Å². The Bertz CT molecular complexity index is 1030. The van der Waals surface area contributed by atoms with Crippen molar-refractivity contribution in [2.75, 3.05) is 11.4 Å². The molecule has 1 saturated carbocycles. The molecule has 4 rings (SSSR count). The van der Waals surface area contributed by atoms with Crippen LogP contribution in [0.15, 0.2) is 54.6 Å². The highest BCUT2D eigenvalue weighted by Crippen LogP contribution is 2.69. The summed E-state index contributed by atoms with van der Waals surface area (Å²) in [6.07, 6.45) is 0.670. The zero-order valence-corrected chi connectivity index (χ0v) is 19.6. The van der Waals surface area contributed by atoms with Gasteiger partial charge in [0.1, 0.15) is 6.04 Å². The Morgan fingerprint density at radius 3 is 2.12 bits per heavy atom. The standard InChI is InChI=1S/C27H32N2O3/c1-18-11-13-20(14-12-18)29-22(30)17-21(24(29)31)28(16-15-19-9-7-6-8-10-19)25(32)23-26(2,3)27(23,4)5/h6-14,21,23H,15-17H2,1-5H3. The van der Waals surface area contributed by atoms with E-state index in [1.807, 2.05) is 49.4 Å². The fraction of sp³-hybridized carbons (Fsp3) is 0.444. The third kappa shape index (κ3) is 3.64. The molecule has 2 fully saturated rings. The van der Waals surface area contributed by atoms with Gasteiger partial charge in [0.2, 0.25) is 11.8 Å². The maximum Gasteiger partial charge on any atom is 0.257 e. The second kappa shape index (κ2) is 7.88. The maximum absolute atomic E-state index is 13.7. The van der Waals surface area contributed by atoms with E-state index in [4.69, 9.17) is 0 Å². The Morgan fingerprint density at radius 1 is 0.969 bits per heavy atom. The molecule has 1 unspecified atom stereocenters. The van der Waals surface area contributed by atoms with Crippen LogP contribution in [0.25, 0.3) is 0 Å². The molecule has 2 aromatic rings. The van der Waals surface area contributed by atoms with Crippen LogP contribution in [0.5, 0.6) is 0 Å². The molecule has 0 bridgehead atoms. The van der Waals surface area contributed by atoms with Gasteiger partial charge in [-0.15, -0.1) is 0 Å². The van der Waals surface area contributed by atoms with E-state index in [0.717, 1.165) is 11.1 Å². The second-order valence-corrected chi connectivity index (χ2v) is 10.3. The Morgan fingerprint density at radius 2 is 1.56 bits per heavy atom. The van der Waals surface area contributed by atoms with Gasteiger partial charge in [0.05, 0.1) is 12.1 Å². The van der Waals surface area contributed by atoms with Gasteiger partial charge in [0.15, 0.2) is 0 Å². The highest BCUT2D eigenvalue weighted by molar-refractivity contribution is 6.23. The van der Waals surface area contributed by atoms with Crippen molar-refractivity contribution in [1.82, 2.24) is 4.90 Å². The molecule has 0 aromatic heterocycles. The number of nitrogens with zero attached hydrogens (tertiary/aromatic N) is 2. The normalized spacial score (nSPS) is 21.7. The third-order valence-corrected chi connectivity index (χ3v) is 7.83. The lowest BCUT2D eigenvalue weighted by Gasteiger charge is -2.29. The molecule has 1 aliphatic heterocycles. The van der Waals surface area contributed by atoms with E-state index in [9.17, 15) is 14.4 Å². The molecule has 2 aromatic carbocycles. The summed E-state index contributed by atoms with van der Waals surface area (Å²) in [5, 5.41) is 0. The van der Waals surface area contributed by atoms with Crippen LogP contribution < -0.4 is 4.90 Å². The number of carbonyl (C=O) groups excluding carboxylic acids is 3. The fourth-order valence-corrected chi connectivity index (χ4v) is 5.12. The van der Waals surface area contributed by atoms with Crippen molar-refractivity contribution < 1.29 is 14.4 Å². The summed E-state index contributed by atoms with van der Waals surface area (Å²) in [4.78, 5) is 43.0. The lowest BCUT2D eigenvalue weighted by Crippen LogP contribution is -2.47. The first-order chi connectivity index (χ1) is 15.1. The molecule has 1 saturated heterocycles. The summed E-state index contributed by atoms with van der Waals surface area (Å²) in [7, 11) is 0. The van der Waals surface area contributed by atoms with Crippen LogP contribution in [0.2, 0.25) is 0 Å². The van der Waals surface area contributed by atoms with Crippen LogP contribution >= 0.6 is 0 Å². The summed E-state index contributed by atoms with van der Waals surface area (Å²) in [5.74, 6) is -0.748. The number of amides is 3. The van der Waals surface area contributed by atoms with Crippen LogP contribution in [0.1, 0.15) is 45.2 Å². The van der Waals surface area contributed by atoms with Gasteiger partial charge >= 0.3 is 0 Å². The molecule has 168 valence electrons. The number of anilines is 1. The third-order valence-electron chi connectivity index (χ3n) is 7.83. The average Bonchev–Trinajstić information content (AvgIpc) is 2.98. The fourth-order valence-electron chi connectivity index (χ4n) is 5.12. The van der Waals surface area contributed by atoms with E-state index in [2.05, 4.69) is 27.7 Å². The lowest BCUT2D eigenvalue weighted by molar-refractivity contribution is -0.140. The molecule has 1 aliphatic carbocycles. The van der Waals surface area contributed by atoms with Crippen molar-refractivity contribution in [2.45, 2.75) is 53.5 Å². The molecule has 1 atom stereocenters. The number of hydrogen-bond donors (Lipinski definition) is 0. The van der Waals surface area contributed by atoms with Gasteiger partial charge in [0, 0.05) is 12.5 Å². The molecule has 5 heteroatoms. The molecule has 0 spiro atoms. The monoisotopic (exact) mass is 432 g/mol. The van der Waals surface area contributed by atoms with Crippen molar-refractivity contribution in [3.8, 4) is 0 Å². The van der Waals surface area contributed by atoms with Crippen molar-refractivity contribution in [1.29, 1.82) is 0 Å². The van der Waals surface area contributed by atoms with Crippen LogP contribution in [0.4, 0.5) is 5.69 Å². The Hall–Kier alpha value is -2.95. The number of imide groups is 1. The zero-order chi connectivity index (χ0) is 23.3. The summed E-state index contributed by atoms with van der Waals surface area (Å²) >= 11 is 0. The molecule has 3 amide bonds. The number of benzene rings is 2. The quantitative estimate of drug-likeness (QED) is 0.637. The molecule has 2 aliphatic rings. The van der Waals surface area contributed by atoms with Gasteiger partial charge < -0.3 is 4.90 Å². The predicted octanol–water partition coefficient (Wildman–Crippen LogP) is 4.38. The van der Waals surface area contributed by atoms with Crippen molar-refractivity contribution >= 4 is 23.4 Å². The Kier molecular flexibility index (Phi) is 5.48. The van der Waals surface area contributed by atoms with Gasteiger partial charge in [-0.05, 0) is 41.9 Å². The molecule has 0 N–H and O–H groups in total. The highest BCUT2D eigenvalue weighted by atomic mass is 16.2. The summed E-state index contributed by atoms with van der Waals surface area (Å²) in [5.41, 5.74) is 2.44. The first-order valence-corrected chi connectivity index (χ1v) is 11.3. The van der Waals surface area contributed by atoms with Gasteiger partial charge in [-0.3, -0.25) is 14.4 Å².